The van der Waals surface area contributed by atoms with E-state index in [2.05, 4.69) is 0 Å². The fourth-order valence-electron chi connectivity index (χ4n) is 0.757. The molecule has 5 heteroatoms. The zero-order valence-corrected chi connectivity index (χ0v) is 9.87. The summed E-state index contributed by atoms with van der Waals surface area (Å²) in [5, 5.41) is 2.97. The molecule has 0 spiro atoms. The number of rotatable bonds is 1. The predicted molar refractivity (Wildman–Crippen MR) is 58.8 cm³/mol. The Balaban J connectivity index is 0.00000121. The molecule has 0 fully saturated rings. The van der Waals surface area contributed by atoms with Crippen LogP contribution in [-0.4, -0.2) is 0 Å². The third-order valence-electron chi connectivity index (χ3n) is 1.27. The van der Waals surface area contributed by atoms with Gasteiger partial charge < -0.3 is 5.73 Å². The van der Waals surface area contributed by atoms with E-state index in [1.165, 1.54) is 11.3 Å². The highest BCUT2D eigenvalue weighted by atomic mass is 35.5. The van der Waals surface area contributed by atoms with Crippen molar-refractivity contribution in [3.8, 4) is 0 Å². The molecule has 0 saturated carbocycles. The first kappa shape index (κ1) is 12.5. The molecule has 12 heavy (non-hydrogen) atoms. The molecule has 0 aromatic carbocycles. The van der Waals surface area contributed by atoms with Crippen molar-refractivity contribution in [2.24, 2.45) is 5.73 Å². The highest BCUT2D eigenvalue weighted by molar-refractivity contribution is 7.11. The van der Waals surface area contributed by atoms with Crippen molar-refractivity contribution in [2.45, 2.75) is 19.4 Å². The molecule has 0 saturated heterocycles. The molecule has 0 radical (unpaired) electrons. The topological polar surface area (TPSA) is 26.0 Å². The monoisotopic (exact) mass is 245 g/mol. The molecule has 1 aromatic heterocycles. The molecule has 2 N–H and O–H groups in total. The lowest BCUT2D eigenvalue weighted by molar-refractivity contribution is 0.567. The summed E-state index contributed by atoms with van der Waals surface area (Å²) in [7, 11) is 0. The normalized spacial score (nSPS) is 11.1. The zero-order chi connectivity index (χ0) is 8.65. The smallest absolute Gasteiger partial charge is 0.0750 e. The van der Waals surface area contributed by atoms with Crippen molar-refractivity contribution in [3.05, 3.63) is 20.3 Å². The second-order valence-corrected chi connectivity index (χ2v) is 4.61. The van der Waals surface area contributed by atoms with Crippen molar-refractivity contribution >= 4 is 46.9 Å². The van der Waals surface area contributed by atoms with Crippen LogP contribution in [-0.2, 0) is 5.54 Å². The lowest BCUT2D eigenvalue weighted by Crippen LogP contribution is -2.27. The third-order valence-corrected chi connectivity index (χ3v) is 3.62. The Kier molecular flexibility index (Phi) is 4.34. The van der Waals surface area contributed by atoms with Crippen LogP contribution >= 0.6 is 46.9 Å². The minimum Gasteiger partial charge on any atom is -0.321 e. The number of hydrogen-bond donors (Lipinski definition) is 1. The van der Waals surface area contributed by atoms with Crippen LogP contribution in [0.4, 0.5) is 0 Å². The van der Waals surface area contributed by atoms with E-state index in [9.17, 15) is 0 Å². The molecule has 0 aliphatic rings. The summed E-state index contributed by atoms with van der Waals surface area (Å²) in [6.45, 7) is 3.81. The quantitative estimate of drug-likeness (QED) is 0.804. The van der Waals surface area contributed by atoms with Crippen LogP contribution in [0.25, 0.3) is 0 Å². The maximum atomic E-state index is 5.89. The van der Waals surface area contributed by atoms with Gasteiger partial charge >= 0.3 is 0 Å². The summed E-state index contributed by atoms with van der Waals surface area (Å²) in [5.41, 5.74) is 5.44. The van der Waals surface area contributed by atoms with Gasteiger partial charge in [0.1, 0.15) is 0 Å². The van der Waals surface area contributed by atoms with Crippen molar-refractivity contribution in [2.75, 3.05) is 0 Å². The largest absolute Gasteiger partial charge is 0.321 e. The summed E-state index contributed by atoms with van der Waals surface area (Å²) < 4.78 is 0. The standard InChI is InChI=1S/C7H9Cl2NS.ClH/c1-7(2,10)6-5(9)4(8)3-11-6;/h3H,10H2,1-2H3;1H. The van der Waals surface area contributed by atoms with Crippen LogP contribution in [0.15, 0.2) is 5.38 Å². The molecule has 1 heterocycles. The van der Waals surface area contributed by atoms with Gasteiger partial charge in [-0.2, -0.15) is 0 Å². The van der Waals surface area contributed by atoms with Gasteiger partial charge in [-0.05, 0) is 13.8 Å². The lowest BCUT2D eigenvalue weighted by atomic mass is 10.1. The van der Waals surface area contributed by atoms with Gasteiger partial charge in [0.05, 0.1) is 10.0 Å². The van der Waals surface area contributed by atoms with Gasteiger partial charge in [0.2, 0.25) is 0 Å². The second-order valence-electron chi connectivity index (χ2n) is 2.95. The van der Waals surface area contributed by atoms with Gasteiger partial charge in [-0.1, -0.05) is 23.2 Å². The minimum absolute atomic E-state index is 0. The van der Waals surface area contributed by atoms with Gasteiger partial charge in [-0.3, -0.25) is 0 Å². The van der Waals surface area contributed by atoms with Crippen LogP contribution < -0.4 is 5.73 Å². The molecule has 0 atom stereocenters. The average molecular weight is 247 g/mol. The molecule has 0 aliphatic heterocycles. The van der Waals surface area contributed by atoms with E-state index < -0.39 is 5.54 Å². The predicted octanol–water partition coefficient (Wildman–Crippen LogP) is 3.67. The zero-order valence-electron chi connectivity index (χ0n) is 6.73. The van der Waals surface area contributed by atoms with Gasteiger partial charge in [-0.25, -0.2) is 0 Å². The second kappa shape index (κ2) is 4.16. The number of thiophene rings is 1. The van der Waals surface area contributed by atoms with Crippen molar-refractivity contribution < 1.29 is 0 Å². The summed E-state index contributed by atoms with van der Waals surface area (Å²) in [4.78, 5) is 0.934. The Morgan fingerprint density at radius 1 is 1.42 bits per heavy atom. The summed E-state index contributed by atoms with van der Waals surface area (Å²) in [6.07, 6.45) is 0. The molecule has 1 nitrogen and oxygen atoms in total. The number of hydrogen-bond acceptors (Lipinski definition) is 2. The van der Waals surface area contributed by atoms with E-state index in [0.717, 1.165) is 4.88 Å². The fourth-order valence-corrected chi connectivity index (χ4v) is 2.39. The van der Waals surface area contributed by atoms with Gasteiger partial charge in [0.25, 0.3) is 0 Å². The molecule has 0 bridgehead atoms. The first-order valence-electron chi connectivity index (χ1n) is 3.15. The van der Waals surface area contributed by atoms with Crippen molar-refractivity contribution in [1.82, 2.24) is 0 Å². The first-order valence-corrected chi connectivity index (χ1v) is 4.78. The third kappa shape index (κ3) is 2.51. The Morgan fingerprint density at radius 2 is 1.92 bits per heavy atom. The lowest BCUT2D eigenvalue weighted by Gasteiger charge is -2.16. The highest BCUT2D eigenvalue weighted by Crippen LogP contribution is 2.37. The Labute approximate surface area is 92.3 Å². The van der Waals surface area contributed by atoms with Gasteiger partial charge in [-0.15, -0.1) is 23.7 Å². The molecular formula is C7H10Cl3NS. The van der Waals surface area contributed by atoms with Crippen molar-refractivity contribution in [1.29, 1.82) is 0 Å². The Bertz CT molecular complexity index is 264. The highest BCUT2D eigenvalue weighted by Gasteiger charge is 2.21. The molecule has 1 aromatic rings. The van der Waals surface area contributed by atoms with Crippen LogP contribution in [0.1, 0.15) is 18.7 Å². The molecule has 0 aliphatic carbocycles. The van der Waals surface area contributed by atoms with Gasteiger partial charge in [0.15, 0.2) is 0 Å². The van der Waals surface area contributed by atoms with E-state index in [4.69, 9.17) is 28.9 Å². The van der Waals surface area contributed by atoms with Gasteiger partial charge in [0, 0.05) is 15.8 Å². The van der Waals surface area contributed by atoms with Crippen molar-refractivity contribution in [3.63, 3.8) is 0 Å². The van der Waals surface area contributed by atoms with Crippen LogP contribution in [0.2, 0.25) is 10.0 Å². The molecular weight excluding hydrogens is 237 g/mol. The Hall–Kier alpha value is 0.530. The molecule has 0 amide bonds. The van der Waals surface area contributed by atoms with E-state index >= 15 is 0 Å². The summed E-state index contributed by atoms with van der Waals surface area (Å²) in [5.74, 6) is 0. The van der Waals surface area contributed by atoms with Crippen LogP contribution in [0, 0.1) is 0 Å². The number of halogens is 3. The van der Waals surface area contributed by atoms with E-state index in [-0.39, 0.29) is 12.4 Å². The number of nitrogens with two attached hydrogens (primary N) is 1. The SMILES string of the molecule is CC(C)(N)c1scc(Cl)c1Cl.Cl. The van der Waals surface area contributed by atoms with Crippen LogP contribution in [0.3, 0.4) is 0 Å². The first-order chi connectivity index (χ1) is 4.93. The molecule has 70 valence electrons. The molecule has 0 unspecified atom stereocenters. The van der Waals surface area contributed by atoms with Crippen LogP contribution in [0.5, 0.6) is 0 Å². The fraction of sp³-hybridized carbons (Fsp3) is 0.429. The van der Waals surface area contributed by atoms with E-state index in [1.807, 2.05) is 13.8 Å². The summed E-state index contributed by atoms with van der Waals surface area (Å²) >= 11 is 13.1. The average Bonchev–Trinajstić information content (AvgIpc) is 2.11. The van der Waals surface area contributed by atoms with E-state index in [1.54, 1.807) is 5.38 Å². The Morgan fingerprint density at radius 3 is 2.08 bits per heavy atom. The van der Waals surface area contributed by atoms with E-state index in [0.29, 0.717) is 10.0 Å². The maximum absolute atomic E-state index is 5.89. The molecule has 1 rings (SSSR count). The maximum Gasteiger partial charge on any atom is 0.0750 e. The minimum atomic E-state index is -0.394. The summed E-state index contributed by atoms with van der Waals surface area (Å²) in [6, 6.07) is 0.